The molecule has 2 N–H and O–H groups in total. The average Bonchev–Trinajstić information content (AvgIpc) is 2.91. The third kappa shape index (κ3) is 2.39. The fourth-order valence-electron chi connectivity index (χ4n) is 2.67. The molecule has 4 heteroatoms. The molecular formula is C16H15ClFNO. The number of hydrogen-bond donors (Lipinski definition) is 2. The van der Waals surface area contributed by atoms with E-state index in [0.717, 1.165) is 24.2 Å². The molecule has 104 valence electrons. The molecule has 0 aromatic heterocycles. The zero-order valence-corrected chi connectivity index (χ0v) is 11.6. The molecule has 20 heavy (non-hydrogen) atoms. The first kappa shape index (κ1) is 13.4. The molecule has 1 atom stereocenters. The van der Waals surface area contributed by atoms with Crippen LogP contribution >= 0.6 is 11.6 Å². The number of aliphatic hydroxyl groups excluding tert-OH is 1. The molecule has 2 aromatic rings. The molecule has 1 unspecified atom stereocenters. The third-order valence-electron chi connectivity index (χ3n) is 3.70. The molecular weight excluding hydrogens is 277 g/mol. The van der Waals surface area contributed by atoms with E-state index in [1.165, 1.54) is 11.6 Å². The standard InChI is InChI=1S/C16H15ClFNO/c17-13-5-2-6-14(18)12(13)9-15(20)11-4-1-3-10-7-8-19-16(10)11/h1-6,15,19-20H,7-9H2. The van der Waals surface area contributed by atoms with Crippen molar-refractivity contribution in [2.75, 3.05) is 11.9 Å². The van der Waals surface area contributed by atoms with Gasteiger partial charge in [0, 0.05) is 34.8 Å². The fraction of sp³-hybridized carbons (Fsp3) is 0.250. The molecule has 0 saturated carbocycles. The second-order valence-electron chi connectivity index (χ2n) is 4.98. The van der Waals surface area contributed by atoms with Crippen LogP contribution in [0, 0.1) is 5.82 Å². The van der Waals surface area contributed by atoms with Crippen molar-refractivity contribution in [3.8, 4) is 0 Å². The van der Waals surface area contributed by atoms with E-state index in [0.29, 0.717) is 10.6 Å². The summed E-state index contributed by atoms with van der Waals surface area (Å²) in [6.45, 7) is 0.875. The molecule has 2 aromatic carbocycles. The van der Waals surface area contributed by atoms with Crippen LogP contribution in [0.1, 0.15) is 22.8 Å². The zero-order chi connectivity index (χ0) is 14.1. The maximum absolute atomic E-state index is 13.8. The lowest BCUT2D eigenvalue weighted by Crippen LogP contribution is -2.07. The van der Waals surface area contributed by atoms with E-state index in [1.807, 2.05) is 18.2 Å². The van der Waals surface area contributed by atoms with Gasteiger partial charge >= 0.3 is 0 Å². The maximum Gasteiger partial charge on any atom is 0.127 e. The minimum atomic E-state index is -0.773. The first-order chi connectivity index (χ1) is 9.66. The van der Waals surface area contributed by atoms with Gasteiger partial charge in [0.05, 0.1) is 6.10 Å². The number of anilines is 1. The Bertz CT molecular complexity index is 624. The number of rotatable bonds is 3. The van der Waals surface area contributed by atoms with Crippen LogP contribution in [-0.4, -0.2) is 11.7 Å². The van der Waals surface area contributed by atoms with Gasteiger partial charge in [0.25, 0.3) is 0 Å². The monoisotopic (exact) mass is 291 g/mol. The lowest BCUT2D eigenvalue weighted by atomic mass is 9.97. The van der Waals surface area contributed by atoms with E-state index < -0.39 is 6.10 Å². The van der Waals surface area contributed by atoms with Gasteiger partial charge in [-0.15, -0.1) is 0 Å². The molecule has 3 rings (SSSR count). The Morgan fingerprint density at radius 1 is 1.25 bits per heavy atom. The summed E-state index contributed by atoms with van der Waals surface area (Å²) in [4.78, 5) is 0. The van der Waals surface area contributed by atoms with E-state index in [1.54, 1.807) is 12.1 Å². The summed E-state index contributed by atoms with van der Waals surface area (Å²) in [6, 6.07) is 10.4. The van der Waals surface area contributed by atoms with Crippen LogP contribution in [0.15, 0.2) is 36.4 Å². The van der Waals surface area contributed by atoms with Gasteiger partial charge < -0.3 is 10.4 Å². The van der Waals surface area contributed by atoms with Crippen LogP contribution in [0.2, 0.25) is 5.02 Å². The minimum absolute atomic E-state index is 0.170. The molecule has 0 fully saturated rings. The third-order valence-corrected chi connectivity index (χ3v) is 4.05. The average molecular weight is 292 g/mol. The van der Waals surface area contributed by atoms with Crippen molar-refractivity contribution in [2.24, 2.45) is 0 Å². The van der Waals surface area contributed by atoms with Crippen molar-refractivity contribution in [3.63, 3.8) is 0 Å². The number of aliphatic hydroxyl groups is 1. The number of hydrogen-bond acceptors (Lipinski definition) is 2. The number of benzene rings is 2. The van der Waals surface area contributed by atoms with Gasteiger partial charge in [-0.25, -0.2) is 4.39 Å². The summed E-state index contributed by atoms with van der Waals surface area (Å²) in [7, 11) is 0. The Morgan fingerprint density at radius 3 is 2.85 bits per heavy atom. The molecule has 1 aliphatic heterocycles. The Labute approximate surface area is 122 Å². The first-order valence-electron chi connectivity index (χ1n) is 6.63. The van der Waals surface area contributed by atoms with Crippen LogP contribution in [0.5, 0.6) is 0 Å². The van der Waals surface area contributed by atoms with Gasteiger partial charge in [-0.3, -0.25) is 0 Å². The van der Waals surface area contributed by atoms with Crippen LogP contribution < -0.4 is 5.32 Å². The van der Waals surface area contributed by atoms with E-state index in [-0.39, 0.29) is 12.2 Å². The van der Waals surface area contributed by atoms with Gasteiger partial charge in [0.15, 0.2) is 0 Å². The summed E-state index contributed by atoms with van der Waals surface area (Å²) in [5.41, 5.74) is 3.34. The molecule has 0 spiro atoms. The lowest BCUT2D eigenvalue weighted by Gasteiger charge is -2.16. The van der Waals surface area contributed by atoms with Gasteiger partial charge in [-0.2, -0.15) is 0 Å². The van der Waals surface area contributed by atoms with Gasteiger partial charge in [-0.1, -0.05) is 35.9 Å². The van der Waals surface area contributed by atoms with E-state index >= 15 is 0 Å². The summed E-state index contributed by atoms with van der Waals surface area (Å²) < 4.78 is 13.8. The van der Waals surface area contributed by atoms with Crippen molar-refractivity contribution >= 4 is 17.3 Å². The Morgan fingerprint density at radius 2 is 2.05 bits per heavy atom. The number of para-hydroxylation sites is 1. The number of fused-ring (bicyclic) bond motifs is 1. The maximum atomic E-state index is 13.8. The van der Waals surface area contributed by atoms with Crippen LogP contribution in [0.25, 0.3) is 0 Å². The summed E-state index contributed by atoms with van der Waals surface area (Å²) in [5.74, 6) is -0.378. The highest BCUT2D eigenvalue weighted by molar-refractivity contribution is 6.31. The Hall–Kier alpha value is -1.58. The van der Waals surface area contributed by atoms with Crippen LogP contribution in [-0.2, 0) is 12.8 Å². The molecule has 0 radical (unpaired) electrons. The molecule has 0 aliphatic carbocycles. The molecule has 0 bridgehead atoms. The molecule has 2 nitrogen and oxygen atoms in total. The van der Waals surface area contributed by atoms with Crippen molar-refractivity contribution in [3.05, 3.63) is 63.9 Å². The predicted molar refractivity (Wildman–Crippen MR) is 78.7 cm³/mol. The normalized spacial score (nSPS) is 14.8. The van der Waals surface area contributed by atoms with E-state index in [2.05, 4.69) is 5.32 Å². The van der Waals surface area contributed by atoms with Crippen LogP contribution in [0.4, 0.5) is 10.1 Å². The quantitative estimate of drug-likeness (QED) is 0.903. The molecule has 0 amide bonds. The molecule has 1 heterocycles. The number of halogens is 2. The van der Waals surface area contributed by atoms with Crippen molar-refractivity contribution in [1.29, 1.82) is 0 Å². The van der Waals surface area contributed by atoms with Gasteiger partial charge in [0.2, 0.25) is 0 Å². The number of nitrogens with one attached hydrogen (secondary N) is 1. The highest BCUT2D eigenvalue weighted by atomic mass is 35.5. The highest BCUT2D eigenvalue weighted by Crippen LogP contribution is 2.33. The molecule has 1 aliphatic rings. The summed E-state index contributed by atoms with van der Waals surface area (Å²) >= 11 is 6.01. The predicted octanol–water partition coefficient (Wildman–Crippen LogP) is 3.72. The van der Waals surface area contributed by atoms with E-state index in [9.17, 15) is 9.50 Å². The summed E-state index contributed by atoms with van der Waals surface area (Å²) in [6.07, 6.45) is 0.352. The summed E-state index contributed by atoms with van der Waals surface area (Å²) in [5, 5.41) is 14.1. The van der Waals surface area contributed by atoms with Gasteiger partial charge in [-0.05, 0) is 24.1 Å². The Balaban J connectivity index is 1.91. The first-order valence-corrected chi connectivity index (χ1v) is 7.01. The fourth-order valence-corrected chi connectivity index (χ4v) is 2.91. The highest BCUT2D eigenvalue weighted by Gasteiger charge is 2.21. The smallest absolute Gasteiger partial charge is 0.127 e. The second kappa shape index (κ2) is 5.43. The van der Waals surface area contributed by atoms with Crippen molar-refractivity contribution in [2.45, 2.75) is 18.9 Å². The zero-order valence-electron chi connectivity index (χ0n) is 10.9. The largest absolute Gasteiger partial charge is 0.388 e. The second-order valence-corrected chi connectivity index (χ2v) is 5.39. The van der Waals surface area contributed by atoms with Crippen LogP contribution in [0.3, 0.4) is 0 Å². The minimum Gasteiger partial charge on any atom is -0.388 e. The van der Waals surface area contributed by atoms with Gasteiger partial charge in [0.1, 0.15) is 5.82 Å². The van der Waals surface area contributed by atoms with E-state index in [4.69, 9.17) is 11.6 Å². The topological polar surface area (TPSA) is 32.3 Å². The Kier molecular flexibility index (Phi) is 3.64. The molecule has 0 saturated heterocycles. The SMILES string of the molecule is OC(Cc1c(F)cccc1Cl)c1cccc2c1NCC2. The van der Waals surface area contributed by atoms with Crippen molar-refractivity contribution < 1.29 is 9.50 Å². The van der Waals surface area contributed by atoms with Crippen molar-refractivity contribution in [1.82, 2.24) is 0 Å². The lowest BCUT2D eigenvalue weighted by molar-refractivity contribution is 0.178.